The van der Waals surface area contributed by atoms with Crippen LogP contribution in [0.1, 0.15) is 12.8 Å². The summed E-state index contributed by atoms with van der Waals surface area (Å²) in [6.45, 7) is 1.14. The molecule has 1 fully saturated rings. The predicted octanol–water partition coefficient (Wildman–Crippen LogP) is 3.57. The summed E-state index contributed by atoms with van der Waals surface area (Å²) in [5.74, 6) is 0.623. The number of methoxy groups -OCH3 is 1. The third kappa shape index (κ3) is 6.72. The molecule has 2 N–H and O–H groups in total. The van der Waals surface area contributed by atoms with Gasteiger partial charge in [0.15, 0.2) is 0 Å². The van der Waals surface area contributed by atoms with Gasteiger partial charge in [-0.3, -0.25) is 4.72 Å². The number of carbonyl (C=O) groups is 1. The molecular formula is C26H32N4O7S2. The summed E-state index contributed by atoms with van der Waals surface area (Å²) in [7, 11) is -3.00. The molecular weight excluding hydrogens is 544 g/mol. The van der Waals surface area contributed by atoms with E-state index in [0.717, 1.165) is 11.8 Å². The molecule has 2 aromatic carbocycles. The van der Waals surface area contributed by atoms with E-state index >= 15 is 0 Å². The summed E-state index contributed by atoms with van der Waals surface area (Å²) in [6.07, 6.45) is 2.40. The Balaban J connectivity index is 1.47. The topological polar surface area (TPSA) is 138 Å². The van der Waals surface area contributed by atoms with Crippen LogP contribution in [-0.2, 0) is 24.8 Å². The fourth-order valence-corrected chi connectivity index (χ4v) is 6.73. The van der Waals surface area contributed by atoms with Gasteiger partial charge in [0, 0.05) is 50.7 Å². The molecule has 13 heteroatoms. The predicted molar refractivity (Wildman–Crippen MR) is 148 cm³/mol. The number of nitrogens with one attached hydrogen (secondary N) is 2. The minimum absolute atomic E-state index is 0.0442. The van der Waals surface area contributed by atoms with Crippen LogP contribution >= 0.6 is 0 Å². The number of nitrogens with zero attached hydrogens (tertiary/aromatic N) is 2. The van der Waals surface area contributed by atoms with Gasteiger partial charge in [0.1, 0.15) is 5.76 Å². The Morgan fingerprint density at radius 1 is 1.00 bits per heavy atom. The highest BCUT2D eigenvalue weighted by Gasteiger charge is 2.26. The monoisotopic (exact) mass is 576 g/mol. The number of ether oxygens (including phenoxy) is 1. The van der Waals surface area contributed by atoms with Gasteiger partial charge in [-0.1, -0.05) is 6.07 Å². The lowest BCUT2D eigenvalue weighted by Crippen LogP contribution is -2.41. The first kappa shape index (κ1) is 28.5. The van der Waals surface area contributed by atoms with Crippen molar-refractivity contribution >= 4 is 37.5 Å². The normalized spacial score (nSPS) is 14.7. The lowest BCUT2D eigenvalue weighted by atomic mass is 9.97. The quantitative estimate of drug-likeness (QED) is 0.394. The summed E-state index contributed by atoms with van der Waals surface area (Å²) < 4.78 is 67.7. The first-order valence-corrected chi connectivity index (χ1v) is 15.3. The van der Waals surface area contributed by atoms with Gasteiger partial charge in [-0.2, -0.15) is 0 Å². The average molecular weight is 577 g/mol. The van der Waals surface area contributed by atoms with E-state index in [0.29, 0.717) is 42.9 Å². The highest BCUT2D eigenvalue weighted by molar-refractivity contribution is 7.93. The SMILES string of the molecule is COC(=O)N1CCC(CNS(=O)(=O)c2cccc(S(=O)(=O)Nc3ccc(N(C)C)c(-c4ccco4)c3)c2)CC1. The fraction of sp³-hybridized carbons (Fsp3) is 0.346. The Morgan fingerprint density at radius 2 is 1.69 bits per heavy atom. The summed E-state index contributed by atoms with van der Waals surface area (Å²) in [4.78, 5) is 14.8. The number of furan rings is 1. The van der Waals surface area contributed by atoms with Crippen molar-refractivity contribution in [2.24, 2.45) is 5.92 Å². The number of hydrogen-bond acceptors (Lipinski definition) is 8. The van der Waals surface area contributed by atoms with Gasteiger partial charge in [-0.15, -0.1) is 0 Å². The van der Waals surface area contributed by atoms with Crippen LogP contribution in [0.3, 0.4) is 0 Å². The second-order valence-corrected chi connectivity index (χ2v) is 12.9. The van der Waals surface area contributed by atoms with Crippen LogP contribution in [-0.4, -0.2) is 68.7 Å². The van der Waals surface area contributed by atoms with E-state index in [1.807, 2.05) is 19.0 Å². The number of carbonyl (C=O) groups excluding carboxylic acids is 1. The van der Waals surface area contributed by atoms with Crippen molar-refractivity contribution in [2.45, 2.75) is 22.6 Å². The number of sulfonamides is 2. The van der Waals surface area contributed by atoms with Gasteiger partial charge in [0.25, 0.3) is 10.0 Å². The van der Waals surface area contributed by atoms with E-state index in [-0.39, 0.29) is 22.3 Å². The molecule has 0 aliphatic carbocycles. The molecule has 0 radical (unpaired) electrons. The summed E-state index contributed by atoms with van der Waals surface area (Å²) in [5, 5.41) is 0. The average Bonchev–Trinajstić information content (AvgIpc) is 3.47. The molecule has 1 amide bonds. The zero-order chi connectivity index (χ0) is 28.2. The van der Waals surface area contributed by atoms with Crippen LogP contribution in [0.2, 0.25) is 0 Å². The zero-order valence-electron chi connectivity index (χ0n) is 22.0. The molecule has 0 unspecified atom stereocenters. The maximum atomic E-state index is 13.2. The van der Waals surface area contributed by atoms with Crippen molar-refractivity contribution in [3.8, 4) is 11.3 Å². The minimum atomic E-state index is -4.10. The molecule has 1 saturated heterocycles. The van der Waals surface area contributed by atoms with E-state index in [1.165, 1.54) is 31.6 Å². The van der Waals surface area contributed by atoms with Crippen LogP contribution in [0.25, 0.3) is 11.3 Å². The van der Waals surface area contributed by atoms with Crippen LogP contribution < -0.4 is 14.3 Å². The molecule has 210 valence electrons. The van der Waals surface area contributed by atoms with Gasteiger partial charge >= 0.3 is 6.09 Å². The Kier molecular flexibility index (Phi) is 8.52. The molecule has 0 saturated carbocycles. The molecule has 0 spiro atoms. The van der Waals surface area contributed by atoms with Crippen LogP contribution in [0, 0.1) is 5.92 Å². The number of piperidine rings is 1. The Hall–Kier alpha value is -3.55. The number of rotatable bonds is 9. The van der Waals surface area contributed by atoms with E-state index < -0.39 is 26.1 Å². The van der Waals surface area contributed by atoms with E-state index in [1.54, 1.807) is 35.2 Å². The number of amides is 1. The smallest absolute Gasteiger partial charge is 0.409 e. The number of benzene rings is 2. The Labute approximate surface area is 228 Å². The maximum Gasteiger partial charge on any atom is 0.409 e. The van der Waals surface area contributed by atoms with Crippen LogP contribution in [0.5, 0.6) is 0 Å². The van der Waals surface area contributed by atoms with Crippen molar-refractivity contribution in [3.63, 3.8) is 0 Å². The third-order valence-corrected chi connectivity index (χ3v) is 9.35. The molecule has 1 aliphatic heterocycles. The summed E-state index contributed by atoms with van der Waals surface area (Å²) in [6, 6.07) is 13.8. The molecule has 3 aromatic rings. The van der Waals surface area contributed by atoms with E-state index in [4.69, 9.17) is 9.15 Å². The first-order valence-electron chi connectivity index (χ1n) is 12.3. The van der Waals surface area contributed by atoms with Gasteiger partial charge in [0.05, 0.1) is 23.2 Å². The lowest BCUT2D eigenvalue weighted by molar-refractivity contribution is 0.106. The first-order chi connectivity index (χ1) is 18.5. The molecule has 11 nitrogen and oxygen atoms in total. The molecule has 39 heavy (non-hydrogen) atoms. The molecule has 1 aromatic heterocycles. The van der Waals surface area contributed by atoms with Crippen molar-refractivity contribution in [1.29, 1.82) is 0 Å². The van der Waals surface area contributed by atoms with Gasteiger partial charge in [0.2, 0.25) is 10.0 Å². The van der Waals surface area contributed by atoms with Gasteiger partial charge in [-0.25, -0.2) is 26.4 Å². The van der Waals surface area contributed by atoms with Crippen molar-refractivity contribution in [2.75, 3.05) is 50.5 Å². The van der Waals surface area contributed by atoms with Crippen molar-refractivity contribution < 1.29 is 30.8 Å². The number of anilines is 2. The molecule has 2 heterocycles. The highest BCUT2D eigenvalue weighted by atomic mass is 32.2. The van der Waals surface area contributed by atoms with E-state index in [9.17, 15) is 21.6 Å². The second-order valence-electron chi connectivity index (χ2n) is 9.44. The fourth-order valence-electron chi connectivity index (χ4n) is 4.40. The standard InChI is InChI=1S/C26H32N4O7S2/c1-29(2)24-10-9-20(16-23(24)25-8-5-15-37-25)28-39(34,35)22-7-4-6-21(17-22)38(32,33)27-18-19-11-13-30(14-12-19)26(31)36-3/h4-10,15-17,19,27-28H,11-14,18H2,1-3H3. The summed E-state index contributed by atoms with van der Waals surface area (Å²) >= 11 is 0. The minimum Gasteiger partial charge on any atom is -0.464 e. The van der Waals surface area contributed by atoms with Crippen LogP contribution in [0.4, 0.5) is 16.2 Å². The largest absolute Gasteiger partial charge is 0.464 e. The Bertz CT molecular complexity index is 1510. The molecule has 4 rings (SSSR count). The lowest BCUT2D eigenvalue weighted by Gasteiger charge is -2.30. The van der Waals surface area contributed by atoms with E-state index in [2.05, 4.69) is 9.44 Å². The molecule has 0 atom stereocenters. The van der Waals surface area contributed by atoms with Gasteiger partial charge in [-0.05, 0) is 67.3 Å². The molecule has 0 bridgehead atoms. The number of hydrogen-bond donors (Lipinski definition) is 2. The maximum absolute atomic E-state index is 13.2. The third-order valence-electron chi connectivity index (χ3n) is 6.55. The summed E-state index contributed by atoms with van der Waals surface area (Å²) in [5.41, 5.74) is 1.84. The second kappa shape index (κ2) is 11.7. The highest BCUT2D eigenvalue weighted by Crippen LogP contribution is 2.33. The van der Waals surface area contributed by atoms with Crippen molar-refractivity contribution in [3.05, 3.63) is 60.9 Å². The zero-order valence-corrected chi connectivity index (χ0v) is 23.6. The molecule has 1 aliphatic rings. The van der Waals surface area contributed by atoms with Gasteiger partial charge < -0.3 is 19.0 Å². The Morgan fingerprint density at radius 3 is 2.31 bits per heavy atom. The van der Waals surface area contributed by atoms with Crippen LogP contribution in [0.15, 0.2) is 75.1 Å². The number of likely N-dealkylation sites (tertiary alicyclic amines) is 1. The van der Waals surface area contributed by atoms with Crippen molar-refractivity contribution in [1.82, 2.24) is 9.62 Å².